The minimum atomic E-state index is -4.55. The maximum absolute atomic E-state index is 12.9. The summed E-state index contributed by atoms with van der Waals surface area (Å²) in [6, 6.07) is 5.73. The summed E-state index contributed by atoms with van der Waals surface area (Å²) in [4.78, 5) is 24.1. The third-order valence-corrected chi connectivity index (χ3v) is 3.98. The van der Waals surface area contributed by atoms with Crippen LogP contribution in [0.3, 0.4) is 0 Å². The van der Waals surface area contributed by atoms with Crippen molar-refractivity contribution in [3.05, 3.63) is 51.9 Å². The number of methoxy groups -OCH3 is 1. The van der Waals surface area contributed by atoms with Crippen LogP contribution in [0.4, 0.5) is 18.9 Å². The quantitative estimate of drug-likeness (QED) is 0.882. The standard InChI is InChI=1S/C17H16F3N3O3/c1-26-14-6-4-11(17(18,19)20)8-13(14)21-15(24)9-23-16(25)7-5-12(22-23)10-2-3-10/h4-8,10H,2-3,9H2,1H3,(H,21,24). The molecule has 1 heterocycles. The fourth-order valence-corrected chi connectivity index (χ4v) is 2.48. The molecule has 1 aliphatic rings. The van der Waals surface area contributed by atoms with Crippen molar-refractivity contribution in [2.75, 3.05) is 12.4 Å². The second kappa shape index (κ2) is 6.81. The third-order valence-electron chi connectivity index (χ3n) is 3.98. The van der Waals surface area contributed by atoms with Gasteiger partial charge in [0.2, 0.25) is 5.91 Å². The first-order valence-electron chi connectivity index (χ1n) is 7.91. The van der Waals surface area contributed by atoms with Crippen LogP contribution in [0.1, 0.15) is 30.0 Å². The lowest BCUT2D eigenvalue weighted by molar-refractivity contribution is -0.137. The minimum Gasteiger partial charge on any atom is -0.495 e. The fraction of sp³-hybridized carbons (Fsp3) is 0.353. The lowest BCUT2D eigenvalue weighted by Crippen LogP contribution is -2.29. The number of alkyl halides is 3. The zero-order chi connectivity index (χ0) is 18.9. The van der Waals surface area contributed by atoms with Gasteiger partial charge in [-0.3, -0.25) is 9.59 Å². The number of nitrogens with one attached hydrogen (secondary N) is 1. The lowest BCUT2D eigenvalue weighted by Gasteiger charge is -2.14. The molecule has 0 bridgehead atoms. The smallest absolute Gasteiger partial charge is 0.416 e. The number of benzene rings is 1. The number of rotatable bonds is 5. The fourth-order valence-electron chi connectivity index (χ4n) is 2.48. The highest BCUT2D eigenvalue weighted by molar-refractivity contribution is 5.92. The van der Waals surface area contributed by atoms with Gasteiger partial charge in [-0.15, -0.1) is 0 Å². The number of nitrogens with zero attached hydrogens (tertiary/aromatic N) is 2. The molecule has 2 aromatic rings. The highest BCUT2D eigenvalue weighted by Crippen LogP contribution is 2.38. The lowest BCUT2D eigenvalue weighted by atomic mass is 10.1. The Kier molecular flexibility index (Phi) is 4.71. The van der Waals surface area contributed by atoms with Gasteiger partial charge in [-0.25, -0.2) is 4.68 Å². The average Bonchev–Trinajstić information content (AvgIpc) is 3.41. The van der Waals surface area contributed by atoms with Crippen LogP contribution in [-0.2, 0) is 17.5 Å². The highest BCUT2D eigenvalue weighted by atomic mass is 19.4. The summed E-state index contributed by atoms with van der Waals surface area (Å²) in [5, 5.41) is 6.50. The molecular formula is C17H16F3N3O3. The summed E-state index contributed by atoms with van der Waals surface area (Å²) in [6.45, 7) is -0.404. The van der Waals surface area contributed by atoms with Gasteiger partial charge in [0.05, 0.1) is 24.1 Å². The Balaban J connectivity index is 1.80. The summed E-state index contributed by atoms with van der Waals surface area (Å²) in [7, 11) is 1.28. The number of ether oxygens (including phenoxy) is 1. The van der Waals surface area contributed by atoms with Crippen molar-refractivity contribution >= 4 is 11.6 Å². The Morgan fingerprint density at radius 3 is 2.65 bits per heavy atom. The predicted molar refractivity (Wildman–Crippen MR) is 87.1 cm³/mol. The molecule has 3 rings (SSSR count). The van der Waals surface area contributed by atoms with Crippen LogP contribution in [0.15, 0.2) is 35.1 Å². The van der Waals surface area contributed by atoms with Gasteiger partial charge in [-0.05, 0) is 37.1 Å². The first-order chi connectivity index (χ1) is 12.3. The van der Waals surface area contributed by atoms with Crippen molar-refractivity contribution in [1.82, 2.24) is 9.78 Å². The molecular weight excluding hydrogens is 351 g/mol. The average molecular weight is 367 g/mol. The molecule has 1 aromatic carbocycles. The molecule has 9 heteroatoms. The number of halogens is 3. The van der Waals surface area contributed by atoms with E-state index < -0.39 is 29.8 Å². The summed E-state index contributed by atoms with van der Waals surface area (Å²) in [6.07, 6.45) is -2.58. The summed E-state index contributed by atoms with van der Waals surface area (Å²) in [5.74, 6) is -0.294. The van der Waals surface area contributed by atoms with Crippen molar-refractivity contribution < 1.29 is 22.7 Å². The summed E-state index contributed by atoms with van der Waals surface area (Å²) in [5.41, 5.74) is -0.770. The van der Waals surface area contributed by atoms with E-state index in [0.717, 1.165) is 41.4 Å². The van der Waals surface area contributed by atoms with E-state index in [1.54, 1.807) is 6.07 Å². The van der Waals surface area contributed by atoms with Crippen molar-refractivity contribution in [3.8, 4) is 5.75 Å². The third kappa shape index (κ3) is 4.04. The highest BCUT2D eigenvalue weighted by Gasteiger charge is 2.31. The number of carbonyl (C=O) groups is 1. The second-order valence-corrected chi connectivity index (χ2v) is 5.99. The zero-order valence-corrected chi connectivity index (χ0v) is 13.8. The molecule has 0 aliphatic heterocycles. The number of anilines is 1. The first kappa shape index (κ1) is 18.0. The van der Waals surface area contributed by atoms with Crippen LogP contribution in [0.5, 0.6) is 5.75 Å². The first-order valence-corrected chi connectivity index (χ1v) is 7.91. The second-order valence-electron chi connectivity index (χ2n) is 5.99. The van der Waals surface area contributed by atoms with Crippen LogP contribution in [-0.4, -0.2) is 22.8 Å². The monoisotopic (exact) mass is 367 g/mol. The van der Waals surface area contributed by atoms with Crippen LogP contribution in [0.2, 0.25) is 0 Å². The molecule has 26 heavy (non-hydrogen) atoms. The molecule has 1 saturated carbocycles. The molecule has 0 atom stereocenters. The van der Waals surface area contributed by atoms with E-state index in [2.05, 4.69) is 10.4 Å². The van der Waals surface area contributed by atoms with Crippen LogP contribution >= 0.6 is 0 Å². The molecule has 0 saturated heterocycles. The molecule has 0 unspecified atom stereocenters. The van der Waals surface area contributed by atoms with E-state index in [4.69, 9.17) is 4.74 Å². The number of hydrogen-bond donors (Lipinski definition) is 1. The van der Waals surface area contributed by atoms with E-state index >= 15 is 0 Å². The summed E-state index contributed by atoms with van der Waals surface area (Å²) < 4.78 is 44.6. The molecule has 0 radical (unpaired) electrons. The van der Waals surface area contributed by atoms with E-state index in [-0.39, 0.29) is 11.4 Å². The van der Waals surface area contributed by atoms with E-state index in [1.807, 2.05) is 0 Å². The van der Waals surface area contributed by atoms with E-state index in [0.29, 0.717) is 5.92 Å². The molecule has 0 spiro atoms. The van der Waals surface area contributed by atoms with E-state index in [9.17, 15) is 22.8 Å². The van der Waals surface area contributed by atoms with Gasteiger partial charge in [0, 0.05) is 12.0 Å². The Labute approximate surface area is 146 Å². The van der Waals surface area contributed by atoms with Gasteiger partial charge in [0.25, 0.3) is 5.56 Å². The van der Waals surface area contributed by atoms with Crippen LogP contribution in [0, 0.1) is 0 Å². The number of amides is 1. The molecule has 1 amide bonds. The number of carbonyl (C=O) groups excluding carboxylic acids is 1. The molecule has 6 nitrogen and oxygen atoms in total. The van der Waals surface area contributed by atoms with Crippen LogP contribution in [0.25, 0.3) is 0 Å². The number of aromatic nitrogens is 2. The molecule has 1 aromatic heterocycles. The number of hydrogen-bond acceptors (Lipinski definition) is 4. The summed E-state index contributed by atoms with van der Waals surface area (Å²) >= 11 is 0. The van der Waals surface area contributed by atoms with Crippen LogP contribution < -0.4 is 15.6 Å². The maximum Gasteiger partial charge on any atom is 0.416 e. The van der Waals surface area contributed by atoms with Gasteiger partial charge in [0.1, 0.15) is 12.3 Å². The van der Waals surface area contributed by atoms with Gasteiger partial charge in [-0.2, -0.15) is 18.3 Å². The molecule has 138 valence electrons. The largest absolute Gasteiger partial charge is 0.495 e. The normalized spacial score (nSPS) is 14.2. The van der Waals surface area contributed by atoms with Crippen molar-refractivity contribution in [3.63, 3.8) is 0 Å². The van der Waals surface area contributed by atoms with Crippen molar-refractivity contribution in [2.45, 2.75) is 31.5 Å². The topological polar surface area (TPSA) is 73.2 Å². The van der Waals surface area contributed by atoms with Gasteiger partial charge in [0.15, 0.2) is 0 Å². The Morgan fingerprint density at radius 1 is 1.31 bits per heavy atom. The van der Waals surface area contributed by atoms with Gasteiger partial charge in [-0.1, -0.05) is 0 Å². The van der Waals surface area contributed by atoms with E-state index in [1.165, 1.54) is 13.2 Å². The van der Waals surface area contributed by atoms with Crippen molar-refractivity contribution in [2.24, 2.45) is 0 Å². The maximum atomic E-state index is 12.9. The molecule has 1 fully saturated rings. The zero-order valence-electron chi connectivity index (χ0n) is 13.8. The van der Waals surface area contributed by atoms with Gasteiger partial charge >= 0.3 is 6.18 Å². The van der Waals surface area contributed by atoms with Gasteiger partial charge < -0.3 is 10.1 Å². The Bertz CT molecular complexity index is 889. The SMILES string of the molecule is COc1ccc(C(F)(F)F)cc1NC(=O)Cn1nc(C2CC2)ccc1=O. The predicted octanol–water partition coefficient (Wildman–Crippen LogP) is 2.79. The van der Waals surface area contributed by atoms with Crippen molar-refractivity contribution in [1.29, 1.82) is 0 Å². The molecule has 1 N–H and O–H groups in total. The minimum absolute atomic E-state index is 0.0818. The molecule has 1 aliphatic carbocycles. The Morgan fingerprint density at radius 2 is 2.04 bits per heavy atom. The Hall–Kier alpha value is -2.84.